The summed E-state index contributed by atoms with van der Waals surface area (Å²) in [6.07, 6.45) is 7.60. The van der Waals surface area contributed by atoms with E-state index in [2.05, 4.69) is 5.32 Å². The first-order valence-corrected chi connectivity index (χ1v) is 10.4. The number of hydrogen-bond donors (Lipinski definition) is 1. The van der Waals surface area contributed by atoms with Crippen molar-refractivity contribution in [3.05, 3.63) is 46.2 Å². The first-order chi connectivity index (χ1) is 12.7. The number of rotatable bonds is 4. The molecule has 1 aromatic heterocycles. The highest BCUT2D eigenvalue weighted by Gasteiger charge is 2.26. The molecule has 0 unspecified atom stereocenters. The molecular weight excluding hydrogens is 344 g/mol. The summed E-state index contributed by atoms with van der Waals surface area (Å²) < 4.78 is 0. The maximum atomic E-state index is 12.7. The van der Waals surface area contributed by atoms with Gasteiger partial charge in [-0.2, -0.15) is 0 Å². The first kappa shape index (κ1) is 17.3. The molecule has 136 valence electrons. The number of carbonyl (C=O) groups is 2. The molecule has 1 aliphatic carbocycles. The molecule has 4 nitrogen and oxygen atoms in total. The third kappa shape index (κ3) is 3.68. The maximum absolute atomic E-state index is 12.7. The van der Waals surface area contributed by atoms with E-state index in [1.54, 1.807) is 0 Å². The minimum atomic E-state index is 0.0458. The van der Waals surface area contributed by atoms with E-state index in [9.17, 15) is 9.59 Å². The number of carbonyl (C=O) groups excluding carboxylic acids is 2. The number of thiophene rings is 1. The zero-order valence-electron chi connectivity index (χ0n) is 14.9. The Morgan fingerprint density at radius 2 is 2.00 bits per heavy atom. The van der Waals surface area contributed by atoms with Crippen LogP contribution in [0.15, 0.2) is 35.7 Å². The van der Waals surface area contributed by atoms with Crippen LogP contribution in [0, 0.1) is 5.92 Å². The van der Waals surface area contributed by atoms with Gasteiger partial charge in [0.15, 0.2) is 0 Å². The lowest BCUT2D eigenvalue weighted by atomic mass is 9.87. The minimum Gasteiger partial charge on any atom is -0.326 e. The molecule has 1 N–H and O–H groups in total. The molecule has 2 heterocycles. The van der Waals surface area contributed by atoms with Crippen molar-refractivity contribution in [2.24, 2.45) is 5.92 Å². The SMILES string of the molecule is O=C(CC1CCCCC1)Nc1ccc2c(c1)N(C(=O)c1cccs1)CC2. The molecule has 2 amide bonds. The van der Waals surface area contributed by atoms with Crippen molar-refractivity contribution in [3.8, 4) is 0 Å². The topological polar surface area (TPSA) is 49.4 Å². The van der Waals surface area contributed by atoms with Crippen molar-refractivity contribution in [3.63, 3.8) is 0 Å². The molecule has 0 saturated heterocycles. The van der Waals surface area contributed by atoms with E-state index in [-0.39, 0.29) is 11.8 Å². The highest BCUT2D eigenvalue weighted by Crippen LogP contribution is 2.33. The van der Waals surface area contributed by atoms with Crippen molar-refractivity contribution < 1.29 is 9.59 Å². The third-order valence-electron chi connectivity index (χ3n) is 5.44. The summed E-state index contributed by atoms with van der Waals surface area (Å²) in [5.41, 5.74) is 2.88. The van der Waals surface area contributed by atoms with Crippen LogP contribution in [0.25, 0.3) is 0 Å². The van der Waals surface area contributed by atoms with Gasteiger partial charge in [0.05, 0.1) is 4.88 Å². The Morgan fingerprint density at radius 1 is 1.15 bits per heavy atom. The summed E-state index contributed by atoms with van der Waals surface area (Å²) in [4.78, 5) is 27.7. The molecule has 0 atom stereocenters. The molecule has 1 aromatic carbocycles. The Labute approximate surface area is 158 Å². The van der Waals surface area contributed by atoms with Crippen molar-refractivity contribution in [2.45, 2.75) is 44.9 Å². The predicted octanol–water partition coefficient (Wildman–Crippen LogP) is 4.86. The van der Waals surface area contributed by atoms with Crippen molar-refractivity contribution >= 4 is 34.5 Å². The number of nitrogens with zero attached hydrogens (tertiary/aromatic N) is 1. The summed E-state index contributed by atoms with van der Waals surface area (Å²) in [5.74, 6) is 0.658. The minimum absolute atomic E-state index is 0.0458. The number of nitrogens with one attached hydrogen (secondary N) is 1. The summed E-state index contributed by atoms with van der Waals surface area (Å²) in [6.45, 7) is 0.700. The highest BCUT2D eigenvalue weighted by atomic mass is 32.1. The van der Waals surface area contributed by atoms with Gasteiger partial charge in [-0.05, 0) is 54.3 Å². The lowest BCUT2D eigenvalue weighted by Gasteiger charge is -2.21. The van der Waals surface area contributed by atoms with Gasteiger partial charge in [-0.3, -0.25) is 9.59 Å². The Morgan fingerprint density at radius 3 is 2.77 bits per heavy atom. The Bertz CT molecular complexity index is 794. The molecule has 1 fully saturated rings. The Kier molecular flexibility index (Phi) is 5.07. The number of fused-ring (bicyclic) bond motifs is 1. The number of hydrogen-bond acceptors (Lipinski definition) is 3. The zero-order chi connectivity index (χ0) is 17.9. The van der Waals surface area contributed by atoms with E-state index in [0.29, 0.717) is 18.9 Å². The van der Waals surface area contributed by atoms with Crippen molar-refractivity contribution in [1.29, 1.82) is 0 Å². The van der Waals surface area contributed by atoms with Gasteiger partial charge in [-0.1, -0.05) is 31.4 Å². The fourth-order valence-corrected chi connectivity index (χ4v) is 4.74. The van der Waals surface area contributed by atoms with Crippen LogP contribution in [-0.2, 0) is 11.2 Å². The average Bonchev–Trinajstić information content (AvgIpc) is 3.32. The third-order valence-corrected chi connectivity index (χ3v) is 6.30. The first-order valence-electron chi connectivity index (χ1n) is 9.49. The summed E-state index contributed by atoms with van der Waals surface area (Å²) in [6, 6.07) is 9.70. The van der Waals surface area contributed by atoms with Crippen LogP contribution in [0.2, 0.25) is 0 Å². The Hall–Kier alpha value is -2.14. The monoisotopic (exact) mass is 368 g/mol. The van der Waals surface area contributed by atoms with Gasteiger partial charge in [-0.25, -0.2) is 0 Å². The molecular formula is C21H24N2O2S. The molecule has 0 radical (unpaired) electrons. The van der Waals surface area contributed by atoms with Gasteiger partial charge in [0.2, 0.25) is 5.91 Å². The lowest BCUT2D eigenvalue weighted by molar-refractivity contribution is -0.117. The molecule has 26 heavy (non-hydrogen) atoms. The smallest absolute Gasteiger partial charge is 0.268 e. The molecule has 2 aliphatic rings. The molecule has 0 spiro atoms. The molecule has 5 heteroatoms. The van der Waals surface area contributed by atoms with Crippen molar-refractivity contribution in [2.75, 3.05) is 16.8 Å². The number of amides is 2. The van der Waals surface area contributed by atoms with E-state index >= 15 is 0 Å². The van der Waals surface area contributed by atoms with Crippen molar-refractivity contribution in [1.82, 2.24) is 0 Å². The predicted molar refractivity (Wildman–Crippen MR) is 106 cm³/mol. The van der Waals surface area contributed by atoms with Gasteiger partial charge in [0, 0.05) is 24.3 Å². The van der Waals surface area contributed by atoms with E-state index in [1.807, 2.05) is 40.6 Å². The fraction of sp³-hybridized carbons (Fsp3) is 0.429. The van der Waals surface area contributed by atoms with E-state index in [0.717, 1.165) is 22.7 Å². The maximum Gasteiger partial charge on any atom is 0.268 e. The second-order valence-corrected chi connectivity index (χ2v) is 8.23. The van der Waals surface area contributed by atoms with E-state index in [1.165, 1.54) is 49.0 Å². The van der Waals surface area contributed by atoms with E-state index < -0.39 is 0 Å². The van der Waals surface area contributed by atoms with Gasteiger partial charge in [0.1, 0.15) is 0 Å². The Balaban J connectivity index is 1.45. The normalized spacial score (nSPS) is 17.2. The highest BCUT2D eigenvalue weighted by molar-refractivity contribution is 7.12. The molecule has 0 bridgehead atoms. The van der Waals surface area contributed by atoms with E-state index in [4.69, 9.17) is 0 Å². The standard InChI is InChI=1S/C21H24N2O2S/c24-20(13-15-5-2-1-3-6-15)22-17-9-8-16-10-11-23(18(16)14-17)21(25)19-7-4-12-26-19/h4,7-9,12,14-15H,1-3,5-6,10-11,13H2,(H,22,24). The summed E-state index contributed by atoms with van der Waals surface area (Å²) in [5, 5.41) is 4.96. The van der Waals surface area contributed by atoms with Gasteiger partial charge in [0.25, 0.3) is 5.91 Å². The molecule has 1 saturated carbocycles. The largest absolute Gasteiger partial charge is 0.326 e. The van der Waals surface area contributed by atoms with Crippen LogP contribution >= 0.6 is 11.3 Å². The molecule has 1 aliphatic heterocycles. The molecule has 2 aromatic rings. The van der Waals surface area contributed by atoms with Crippen LogP contribution < -0.4 is 10.2 Å². The summed E-state index contributed by atoms with van der Waals surface area (Å²) >= 11 is 1.47. The fourth-order valence-electron chi connectivity index (χ4n) is 4.07. The zero-order valence-corrected chi connectivity index (χ0v) is 15.7. The average molecular weight is 369 g/mol. The lowest BCUT2D eigenvalue weighted by Crippen LogP contribution is -2.28. The van der Waals surface area contributed by atoms with Crippen LogP contribution in [0.1, 0.15) is 53.8 Å². The van der Waals surface area contributed by atoms with Crippen LogP contribution in [-0.4, -0.2) is 18.4 Å². The quantitative estimate of drug-likeness (QED) is 0.838. The second kappa shape index (κ2) is 7.62. The van der Waals surface area contributed by atoms with Gasteiger partial charge < -0.3 is 10.2 Å². The number of benzene rings is 1. The van der Waals surface area contributed by atoms with Gasteiger partial charge >= 0.3 is 0 Å². The van der Waals surface area contributed by atoms with Crippen LogP contribution in [0.3, 0.4) is 0 Å². The second-order valence-electron chi connectivity index (χ2n) is 7.28. The van der Waals surface area contributed by atoms with Crippen LogP contribution in [0.4, 0.5) is 11.4 Å². The number of anilines is 2. The summed E-state index contributed by atoms with van der Waals surface area (Å²) in [7, 11) is 0. The van der Waals surface area contributed by atoms with Crippen LogP contribution in [0.5, 0.6) is 0 Å². The van der Waals surface area contributed by atoms with Gasteiger partial charge in [-0.15, -0.1) is 11.3 Å². The molecule has 4 rings (SSSR count).